The van der Waals surface area contributed by atoms with Crippen molar-refractivity contribution in [3.8, 4) is 0 Å². The molecule has 1 aromatic rings. The zero-order chi connectivity index (χ0) is 14.3. The van der Waals surface area contributed by atoms with E-state index < -0.39 is 0 Å². The largest absolute Gasteiger partial charge is 0.371 e. The quantitative estimate of drug-likeness (QED) is 0.772. The van der Waals surface area contributed by atoms with E-state index in [0.29, 0.717) is 0 Å². The Labute approximate surface area is 117 Å². The normalized spacial score (nSPS) is 14.2. The first-order valence-electron chi connectivity index (χ1n) is 7.19. The van der Waals surface area contributed by atoms with Gasteiger partial charge >= 0.3 is 0 Å². The standard InChI is InChI=1S/C16H27FN2/c1-5-10-16(3,12-18-4)13-19(6-2)15-9-7-8-14(17)11-15/h7-9,11,18H,5-6,10,12-13H2,1-4H3. The van der Waals surface area contributed by atoms with Crippen LogP contribution in [-0.4, -0.2) is 26.7 Å². The molecule has 0 saturated carbocycles. The van der Waals surface area contributed by atoms with Gasteiger partial charge in [0.15, 0.2) is 0 Å². The lowest BCUT2D eigenvalue weighted by molar-refractivity contribution is 0.289. The number of nitrogens with zero attached hydrogens (tertiary/aromatic N) is 1. The van der Waals surface area contributed by atoms with Gasteiger partial charge in [-0.2, -0.15) is 0 Å². The molecule has 0 radical (unpaired) electrons. The van der Waals surface area contributed by atoms with Crippen molar-refractivity contribution in [1.82, 2.24) is 5.32 Å². The lowest BCUT2D eigenvalue weighted by atomic mass is 9.84. The number of hydrogen-bond acceptors (Lipinski definition) is 2. The average molecular weight is 266 g/mol. The molecule has 108 valence electrons. The second kappa shape index (κ2) is 7.49. The van der Waals surface area contributed by atoms with Gasteiger partial charge < -0.3 is 10.2 Å². The van der Waals surface area contributed by atoms with Crippen LogP contribution < -0.4 is 10.2 Å². The van der Waals surface area contributed by atoms with Gasteiger partial charge in [0.05, 0.1) is 0 Å². The number of nitrogens with one attached hydrogen (secondary N) is 1. The molecule has 0 spiro atoms. The molecule has 0 aliphatic carbocycles. The minimum atomic E-state index is -0.165. The molecule has 0 aliphatic heterocycles. The fourth-order valence-corrected chi connectivity index (χ4v) is 2.77. The molecule has 1 atom stereocenters. The highest BCUT2D eigenvalue weighted by atomic mass is 19.1. The number of hydrogen-bond donors (Lipinski definition) is 1. The van der Waals surface area contributed by atoms with Gasteiger partial charge in [0, 0.05) is 25.3 Å². The third kappa shape index (κ3) is 4.83. The van der Waals surface area contributed by atoms with Crippen molar-refractivity contribution < 1.29 is 4.39 Å². The summed E-state index contributed by atoms with van der Waals surface area (Å²) >= 11 is 0. The van der Waals surface area contributed by atoms with Crippen molar-refractivity contribution in [3.05, 3.63) is 30.1 Å². The van der Waals surface area contributed by atoms with Crippen LogP contribution in [0.5, 0.6) is 0 Å². The van der Waals surface area contributed by atoms with Gasteiger partial charge in [-0.05, 0) is 44.0 Å². The zero-order valence-electron chi connectivity index (χ0n) is 12.7. The van der Waals surface area contributed by atoms with Crippen LogP contribution in [0.15, 0.2) is 24.3 Å². The van der Waals surface area contributed by atoms with Gasteiger partial charge in [0.1, 0.15) is 5.82 Å². The molecule has 0 aromatic heterocycles. The van der Waals surface area contributed by atoms with Gasteiger partial charge in [-0.3, -0.25) is 0 Å². The Morgan fingerprint density at radius 1 is 1.32 bits per heavy atom. The van der Waals surface area contributed by atoms with Gasteiger partial charge in [0.25, 0.3) is 0 Å². The van der Waals surface area contributed by atoms with Crippen molar-refractivity contribution in [2.75, 3.05) is 31.6 Å². The monoisotopic (exact) mass is 266 g/mol. The lowest BCUT2D eigenvalue weighted by Gasteiger charge is -2.36. The van der Waals surface area contributed by atoms with E-state index in [9.17, 15) is 4.39 Å². The van der Waals surface area contributed by atoms with Crippen LogP contribution in [0.1, 0.15) is 33.6 Å². The van der Waals surface area contributed by atoms with E-state index in [2.05, 4.69) is 31.0 Å². The summed E-state index contributed by atoms with van der Waals surface area (Å²) in [5.41, 5.74) is 1.19. The molecule has 0 saturated heterocycles. The number of rotatable bonds is 8. The highest BCUT2D eigenvalue weighted by molar-refractivity contribution is 5.46. The van der Waals surface area contributed by atoms with Crippen molar-refractivity contribution in [3.63, 3.8) is 0 Å². The Morgan fingerprint density at radius 3 is 2.58 bits per heavy atom. The summed E-state index contributed by atoms with van der Waals surface area (Å²) in [6.45, 7) is 9.46. The molecular weight excluding hydrogens is 239 g/mol. The first-order valence-corrected chi connectivity index (χ1v) is 7.19. The van der Waals surface area contributed by atoms with Crippen molar-refractivity contribution in [2.24, 2.45) is 5.41 Å². The minimum Gasteiger partial charge on any atom is -0.371 e. The molecule has 0 aliphatic rings. The first-order chi connectivity index (χ1) is 9.04. The Balaban J connectivity index is 2.85. The molecule has 0 amide bonds. The van der Waals surface area contributed by atoms with Gasteiger partial charge in [-0.1, -0.05) is 26.3 Å². The van der Waals surface area contributed by atoms with Crippen molar-refractivity contribution in [1.29, 1.82) is 0 Å². The predicted molar refractivity (Wildman–Crippen MR) is 81.2 cm³/mol. The Kier molecular flexibility index (Phi) is 6.29. The molecule has 0 fully saturated rings. The van der Waals surface area contributed by atoms with Crippen molar-refractivity contribution in [2.45, 2.75) is 33.6 Å². The molecule has 1 rings (SSSR count). The van der Waals surface area contributed by atoms with E-state index in [0.717, 1.165) is 25.3 Å². The summed E-state index contributed by atoms with van der Waals surface area (Å²) in [4.78, 5) is 2.26. The fourth-order valence-electron chi connectivity index (χ4n) is 2.77. The van der Waals surface area contributed by atoms with E-state index in [1.807, 2.05) is 13.1 Å². The van der Waals surface area contributed by atoms with Crippen LogP contribution in [0.3, 0.4) is 0 Å². The van der Waals surface area contributed by atoms with Crippen LogP contribution in [0.4, 0.5) is 10.1 Å². The molecule has 19 heavy (non-hydrogen) atoms. The molecule has 1 unspecified atom stereocenters. The number of anilines is 1. The molecule has 1 N–H and O–H groups in total. The second-order valence-corrected chi connectivity index (χ2v) is 5.59. The highest BCUT2D eigenvalue weighted by Gasteiger charge is 2.25. The summed E-state index contributed by atoms with van der Waals surface area (Å²) in [5, 5.41) is 3.28. The third-order valence-corrected chi connectivity index (χ3v) is 3.58. The molecule has 1 aromatic carbocycles. The van der Waals surface area contributed by atoms with Crippen LogP contribution in [0.2, 0.25) is 0 Å². The summed E-state index contributed by atoms with van der Waals surface area (Å²) in [6, 6.07) is 6.88. The molecular formula is C16H27FN2. The Morgan fingerprint density at radius 2 is 2.05 bits per heavy atom. The molecule has 3 heteroatoms. The van der Waals surface area contributed by atoms with Crippen LogP contribution in [0.25, 0.3) is 0 Å². The molecule has 0 heterocycles. The topological polar surface area (TPSA) is 15.3 Å². The van der Waals surface area contributed by atoms with Gasteiger partial charge in [-0.25, -0.2) is 4.39 Å². The Bertz CT molecular complexity index is 373. The second-order valence-electron chi connectivity index (χ2n) is 5.59. The molecule has 2 nitrogen and oxygen atoms in total. The van der Waals surface area contributed by atoms with E-state index in [4.69, 9.17) is 0 Å². The predicted octanol–water partition coefficient (Wildman–Crippen LogP) is 3.68. The summed E-state index contributed by atoms with van der Waals surface area (Å²) in [5.74, 6) is -0.165. The molecule has 0 bridgehead atoms. The lowest BCUT2D eigenvalue weighted by Crippen LogP contribution is -2.41. The van der Waals surface area contributed by atoms with Crippen molar-refractivity contribution >= 4 is 5.69 Å². The third-order valence-electron chi connectivity index (χ3n) is 3.58. The maximum absolute atomic E-state index is 13.4. The van der Waals surface area contributed by atoms with Gasteiger partial charge in [-0.15, -0.1) is 0 Å². The van der Waals surface area contributed by atoms with E-state index >= 15 is 0 Å². The average Bonchev–Trinajstić information content (AvgIpc) is 2.36. The highest BCUT2D eigenvalue weighted by Crippen LogP contribution is 2.27. The number of benzene rings is 1. The Hall–Kier alpha value is -1.09. The van der Waals surface area contributed by atoms with E-state index in [1.165, 1.54) is 18.9 Å². The maximum Gasteiger partial charge on any atom is 0.125 e. The van der Waals surface area contributed by atoms with Crippen LogP contribution >= 0.6 is 0 Å². The minimum absolute atomic E-state index is 0.165. The summed E-state index contributed by atoms with van der Waals surface area (Å²) < 4.78 is 13.4. The van der Waals surface area contributed by atoms with Crippen LogP contribution in [-0.2, 0) is 0 Å². The smallest absolute Gasteiger partial charge is 0.125 e. The van der Waals surface area contributed by atoms with E-state index in [1.54, 1.807) is 12.1 Å². The first kappa shape index (κ1) is 16.0. The zero-order valence-corrected chi connectivity index (χ0v) is 12.7. The summed E-state index contributed by atoms with van der Waals surface area (Å²) in [7, 11) is 1.99. The SMILES string of the molecule is CCCC(C)(CNC)CN(CC)c1cccc(F)c1. The van der Waals surface area contributed by atoms with E-state index in [-0.39, 0.29) is 11.2 Å². The van der Waals surface area contributed by atoms with Gasteiger partial charge in [0.2, 0.25) is 0 Å². The fraction of sp³-hybridized carbons (Fsp3) is 0.625. The number of halogens is 1. The summed E-state index contributed by atoms with van der Waals surface area (Å²) in [6.07, 6.45) is 2.33. The van der Waals surface area contributed by atoms with Crippen LogP contribution in [0, 0.1) is 11.2 Å². The maximum atomic E-state index is 13.4.